The van der Waals surface area contributed by atoms with Gasteiger partial charge in [-0.25, -0.2) is 9.97 Å². The molecule has 0 N–H and O–H groups in total. The number of benzene rings is 8. The van der Waals surface area contributed by atoms with Gasteiger partial charge in [0.15, 0.2) is 5.82 Å². The van der Waals surface area contributed by atoms with E-state index in [1.165, 1.54) is 47.6 Å². The standard InChI is InChI=1S/C50H32N2S/c1-5-15-33(16-6-1)39-25-40(27-41(26-39)47-32-46(35-19-9-3-10-20-35)51-50(52-47)36-21-11-4-12-22-36)42-30-45-44-28-37-23-13-14-24-38(37)29-48(44)53-49(45)31-43(42)34-17-7-2-8-18-34/h1-32H. The number of nitrogens with zero attached hydrogens (tertiary/aromatic N) is 2. The highest BCUT2D eigenvalue weighted by molar-refractivity contribution is 7.26. The summed E-state index contributed by atoms with van der Waals surface area (Å²) >= 11 is 1.87. The van der Waals surface area contributed by atoms with E-state index in [4.69, 9.17) is 9.97 Å². The molecule has 248 valence electrons. The predicted molar refractivity (Wildman–Crippen MR) is 225 cm³/mol. The fourth-order valence-electron chi connectivity index (χ4n) is 7.40. The highest BCUT2D eigenvalue weighted by Gasteiger charge is 2.18. The summed E-state index contributed by atoms with van der Waals surface area (Å²) in [6.45, 7) is 0. The Kier molecular flexibility index (Phi) is 7.71. The second kappa shape index (κ2) is 13.1. The van der Waals surface area contributed by atoms with Crippen molar-refractivity contribution in [2.24, 2.45) is 0 Å². The summed E-state index contributed by atoms with van der Waals surface area (Å²) in [5.41, 5.74) is 11.9. The molecule has 0 saturated carbocycles. The number of hydrogen-bond donors (Lipinski definition) is 0. The van der Waals surface area contributed by atoms with Crippen LogP contribution in [0.25, 0.3) is 98.2 Å². The van der Waals surface area contributed by atoms with Crippen molar-refractivity contribution >= 4 is 42.3 Å². The lowest BCUT2D eigenvalue weighted by Gasteiger charge is -2.16. The van der Waals surface area contributed by atoms with E-state index in [0.29, 0.717) is 5.82 Å². The van der Waals surface area contributed by atoms with Gasteiger partial charge in [0, 0.05) is 36.9 Å². The molecule has 0 spiro atoms. The van der Waals surface area contributed by atoms with Crippen molar-refractivity contribution in [3.05, 3.63) is 194 Å². The van der Waals surface area contributed by atoms with Crippen molar-refractivity contribution in [2.45, 2.75) is 0 Å². The molecule has 0 atom stereocenters. The lowest BCUT2D eigenvalue weighted by molar-refractivity contribution is 1.18. The fourth-order valence-corrected chi connectivity index (χ4v) is 8.56. The molecule has 0 saturated heterocycles. The van der Waals surface area contributed by atoms with Crippen LogP contribution in [-0.4, -0.2) is 9.97 Å². The lowest BCUT2D eigenvalue weighted by Crippen LogP contribution is -1.96. The van der Waals surface area contributed by atoms with Crippen LogP contribution in [0.15, 0.2) is 194 Å². The van der Waals surface area contributed by atoms with Gasteiger partial charge in [-0.15, -0.1) is 11.3 Å². The van der Waals surface area contributed by atoms with Gasteiger partial charge in [-0.3, -0.25) is 0 Å². The molecule has 0 unspecified atom stereocenters. The number of hydrogen-bond acceptors (Lipinski definition) is 3. The average Bonchev–Trinajstić information content (AvgIpc) is 3.59. The Morgan fingerprint density at radius 2 is 0.774 bits per heavy atom. The second-order valence-corrected chi connectivity index (χ2v) is 14.5. The molecular weight excluding hydrogens is 661 g/mol. The Labute approximate surface area is 312 Å². The van der Waals surface area contributed by atoms with Crippen LogP contribution in [0.4, 0.5) is 0 Å². The fraction of sp³-hybridized carbons (Fsp3) is 0. The predicted octanol–water partition coefficient (Wildman–Crippen LogP) is 14.0. The van der Waals surface area contributed by atoms with Gasteiger partial charge in [0.05, 0.1) is 11.4 Å². The van der Waals surface area contributed by atoms with E-state index >= 15 is 0 Å². The maximum Gasteiger partial charge on any atom is 0.160 e. The Morgan fingerprint density at radius 3 is 1.45 bits per heavy atom. The zero-order valence-electron chi connectivity index (χ0n) is 28.8. The molecule has 0 aliphatic carbocycles. The number of rotatable bonds is 6. The first-order valence-electron chi connectivity index (χ1n) is 17.9. The van der Waals surface area contributed by atoms with Crippen LogP contribution in [0.3, 0.4) is 0 Å². The van der Waals surface area contributed by atoms with Crippen molar-refractivity contribution in [1.82, 2.24) is 9.97 Å². The van der Waals surface area contributed by atoms with Crippen molar-refractivity contribution < 1.29 is 0 Å². The van der Waals surface area contributed by atoms with Crippen LogP contribution in [0.1, 0.15) is 0 Å². The molecule has 53 heavy (non-hydrogen) atoms. The van der Waals surface area contributed by atoms with Gasteiger partial charge in [0.25, 0.3) is 0 Å². The average molecular weight is 693 g/mol. The van der Waals surface area contributed by atoms with Gasteiger partial charge < -0.3 is 0 Å². The Morgan fingerprint density at radius 1 is 0.302 bits per heavy atom. The van der Waals surface area contributed by atoms with Crippen LogP contribution in [-0.2, 0) is 0 Å². The minimum absolute atomic E-state index is 0.706. The van der Waals surface area contributed by atoms with Crippen LogP contribution in [0, 0.1) is 0 Å². The Bertz CT molecular complexity index is 2860. The van der Waals surface area contributed by atoms with Gasteiger partial charge in [0.2, 0.25) is 0 Å². The van der Waals surface area contributed by atoms with Crippen molar-refractivity contribution in [2.75, 3.05) is 0 Å². The summed E-state index contributed by atoms with van der Waals surface area (Å²) in [6.07, 6.45) is 0. The zero-order chi connectivity index (χ0) is 35.1. The van der Waals surface area contributed by atoms with E-state index in [9.17, 15) is 0 Å². The maximum atomic E-state index is 5.25. The third-order valence-corrected chi connectivity index (χ3v) is 11.2. The smallest absolute Gasteiger partial charge is 0.160 e. The summed E-state index contributed by atoms with van der Waals surface area (Å²) in [7, 11) is 0. The van der Waals surface area contributed by atoms with Crippen molar-refractivity contribution in [1.29, 1.82) is 0 Å². The molecule has 3 heteroatoms. The van der Waals surface area contributed by atoms with Crippen LogP contribution >= 0.6 is 11.3 Å². The molecule has 10 aromatic rings. The van der Waals surface area contributed by atoms with Gasteiger partial charge in [-0.2, -0.15) is 0 Å². The van der Waals surface area contributed by atoms with Gasteiger partial charge in [-0.1, -0.05) is 146 Å². The first kappa shape index (κ1) is 31.1. The minimum atomic E-state index is 0.706. The first-order valence-corrected chi connectivity index (χ1v) is 18.7. The van der Waals surface area contributed by atoms with Gasteiger partial charge in [0.1, 0.15) is 0 Å². The number of thiophene rings is 1. The van der Waals surface area contributed by atoms with E-state index in [0.717, 1.165) is 44.8 Å². The molecule has 0 aliphatic rings. The Hall–Kier alpha value is -6.68. The van der Waals surface area contributed by atoms with E-state index in [-0.39, 0.29) is 0 Å². The van der Waals surface area contributed by atoms with E-state index in [2.05, 4.69) is 170 Å². The molecule has 8 aromatic carbocycles. The largest absolute Gasteiger partial charge is 0.228 e. The molecule has 0 aliphatic heterocycles. The van der Waals surface area contributed by atoms with Crippen molar-refractivity contribution in [3.63, 3.8) is 0 Å². The summed E-state index contributed by atoms with van der Waals surface area (Å²) < 4.78 is 2.59. The SMILES string of the molecule is c1ccc(-c2cc(-c3cc(-c4ccccc4)nc(-c4ccccc4)n3)cc(-c3cc4c(cc3-c3ccccc3)sc3cc5ccccc5cc34)c2)cc1. The highest BCUT2D eigenvalue weighted by atomic mass is 32.1. The molecule has 0 fully saturated rings. The second-order valence-electron chi connectivity index (χ2n) is 13.4. The van der Waals surface area contributed by atoms with E-state index < -0.39 is 0 Å². The molecule has 2 aromatic heterocycles. The third-order valence-electron chi connectivity index (χ3n) is 10.0. The quantitative estimate of drug-likeness (QED) is 0.173. The molecule has 0 amide bonds. The van der Waals surface area contributed by atoms with Gasteiger partial charge in [-0.05, 0) is 92.7 Å². The summed E-state index contributed by atoms with van der Waals surface area (Å²) in [4.78, 5) is 10.3. The lowest BCUT2D eigenvalue weighted by atomic mass is 9.89. The van der Waals surface area contributed by atoms with Crippen LogP contribution in [0.5, 0.6) is 0 Å². The van der Waals surface area contributed by atoms with Crippen LogP contribution < -0.4 is 0 Å². The molecule has 2 heterocycles. The summed E-state index contributed by atoms with van der Waals surface area (Å²) in [5.74, 6) is 0.706. The summed E-state index contributed by atoms with van der Waals surface area (Å²) in [6, 6.07) is 69.4. The normalized spacial score (nSPS) is 11.4. The number of aromatic nitrogens is 2. The monoisotopic (exact) mass is 692 g/mol. The first-order chi connectivity index (χ1) is 26.2. The zero-order valence-corrected chi connectivity index (χ0v) is 29.6. The molecule has 0 radical (unpaired) electrons. The molecule has 0 bridgehead atoms. The van der Waals surface area contributed by atoms with Crippen molar-refractivity contribution in [3.8, 4) is 67.3 Å². The van der Waals surface area contributed by atoms with Gasteiger partial charge >= 0.3 is 0 Å². The molecular formula is C50H32N2S. The van der Waals surface area contributed by atoms with E-state index in [1.807, 2.05) is 35.6 Å². The third kappa shape index (κ3) is 5.87. The van der Waals surface area contributed by atoms with E-state index in [1.54, 1.807) is 0 Å². The topological polar surface area (TPSA) is 25.8 Å². The summed E-state index contributed by atoms with van der Waals surface area (Å²) in [5, 5.41) is 5.09. The Balaban J connectivity index is 1.25. The molecule has 10 rings (SSSR count). The molecule has 2 nitrogen and oxygen atoms in total. The number of fused-ring (bicyclic) bond motifs is 4. The van der Waals surface area contributed by atoms with Crippen LogP contribution in [0.2, 0.25) is 0 Å². The minimum Gasteiger partial charge on any atom is -0.228 e. The maximum absolute atomic E-state index is 5.25. The highest BCUT2D eigenvalue weighted by Crippen LogP contribution is 2.44.